The molecule has 0 bridgehead atoms. The van der Waals surface area contributed by atoms with E-state index in [9.17, 15) is 14.4 Å². The minimum Gasteiger partial charge on any atom is -0.480 e. The average molecular weight is 256 g/mol. The number of carboxylic acids is 1. The molecule has 0 unspecified atom stereocenters. The normalized spacial score (nSPS) is 9.78. The first-order chi connectivity index (χ1) is 8.49. The fraction of sp³-hybridized carbons (Fsp3) is 0.375. The molecule has 10 nitrogen and oxygen atoms in total. The SMILES string of the molecule is NC(=O)NCCNC(=O)c1cn(CC(=O)O)nn1. The predicted octanol–water partition coefficient (Wildman–Crippen LogP) is -2.24. The maximum absolute atomic E-state index is 11.5. The number of urea groups is 1. The lowest BCUT2D eigenvalue weighted by molar-refractivity contribution is -0.137. The summed E-state index contributed by atoms with van der Waals surface area (Å²) in [5, 5.41) is 20.2. The van der Waals surface area contributed by atoms with Crippen LogP contribution in [0.1, 0.15) is 10.5 Å². The molecule has 10 heteroatoms. The lowest BCUT2D eigenvalue weighted by atomic mass is 10.4. The molecule has 0 aliphatic heterocycles. The Hall–Kier alpha value is -2.65. The number of nitrogens with one attached hydrogen (secondary N) is 2. The molecule has 3 amide bonds. The molecule has 0 saturated carbocycles. The molecular formula is C8H12N6O4. The Kier molecular flexibility index (Phi) is 4.60. The van der Waals surface area contributed by atoms with Crippen molar-refractivity contribution in [3.8, 4) is 0 Å². The molecule has 0 fully saturated rings. The molecule has 1 heterocycles. The van der Waals surface area contributed by atoms with E-state index in [1.807, 2.05) is 0 Å². The predicted molar refractivity (Wildman–Crippen MR) is 57.6 cm³/mol. The molecule has 98 valence electrons. The van der Waals surface area contributed by atoms with Gasteiger partial charge in [0, 0.05) is 13.1 Å². The van der Waals surface area contributed by atoms with Gasteiger partial charge in [0.1, 0.15) is 6.54 Å². The van der Waals surface area contributed by atoms with Gasteiger partial charge in [-0.3, -0.25) is 9.59 Å². The van der Waals surface area contributed by atoms with Crippen LogP contribution in [0, 0.1) is 0 Å². The van der Waals surface area contributed by atoms with Crippen LogP contribution in [0.2, 0.25) is 0 Å². The van der Waals surface area contributed by atoms with E-state index in [1.54, 1.807) is 0 Å². The maximum atomic E-state index is 11.5. The summed E-state index contributed by atoms with van der Waals surface area (Å²) in [6, 6.07) is -0.684. The van der Waals surface area contributed by atoms with Crippen LogP contribution in [0.15, 0.2) is 6.20 Å². The molecule has 18 heavy (non-hydrogen) atoms. The van der Waals surface area contributed by atoms with Gasteiger partial charge in [-0.25, -0.2) is 9.48 Å². The fourth-order valence-electron chi connectivity index (χ4n) is 1.07. The second-order valence-electron chi connectivity index (χ2n) is 3.24. The molecule has 1 rings (SSSR count). The van der Waals surface area contributed by atoms with Crippen LogP contribution in [0.3, 0.4) is 0 Å². The van der Waals surface area contributed by atoms with Gasteiger partial charge in [-0.05, 0) is 0 Å². The number of nitrogens with zero attached hydrogens (tertiary/aromatic N) is 3. The molecule has 0 spiro atoms. The van der Waals surface area contributed by atoms with E-state index in [2.05, 4.69) is 20.9 Å². The first-order valence-electron chi connectivity index (χ1n) is 4.92. The van der Waals surface area contributed by atoms with E-state index in [4.69, 9.17) is 10.8 Å². The molecule has 1 aromatic heterocycles. The summed E-state index contributed by atoms with van der Waals surface area (Å²) in [7, 11) is 0. The summed E-state index contributed by atoms with van der Waals surface area (Å²) in [5.74, 6) is -1.60. The number of carboxylic acid groups (broad SMARTS) is 1. The lowest BCUT2D eigenvalue weighted by Crippen LogP contribution is -2.37. The van der Waals surface area contributed by atoms with Crippen LogP contribution in [0.5, 0.6) is 0 Å². The van der Waals surface area contributed by atoms with Crippen LogP contribution in [-0.2, 0) is 11.3 Å². The Morgan fingerprint density at radius 3 is 2.61 bits per heavy atom. The number of amides is 3. The van der Waals surface area contributed by atoms with Gasteiger partial charge in [0.15, 0.2) is 5.69 Å². The smallest absolute Gasteiger partial charge is 0.325 e. The molecule has 0 atom stereocenters. The summed E-state index contributed by atoms with van der Waals surface area (Å²) in [4.78, 5) is 32.2. The number of carbonyl (C=O) groups excluding carboxylic acids is 2. The zero-order valence-corrected chi connectivity index (χ0v) is 9.29. The highest BCUT2D eigenvalue weighted by atomic mass is 16.4. The minimum absolute atomic E-state index is 0.00433. The summed E-state index contributed by atoms with van der Waals surface area (Å²) in [6.07, 6.45) is 1.21. The number of hydrogen-bond donors (Lipinski definition) is 4. The topological polar surface area (TPSA) is 152 Å². The molecule has 0 saturated heterocycles. The lowest BCUT2D eigenvalue weighted by Gasteiger charge is -2.02. The Morgan fingerprint density at radius 2 is 2.00 bits per heavy atom. The molecule has 0 aliphatic carbocycles. The number of aliphatic carboxylic acids is 1. The van der Waals surface area contributed by atoms with Crippen molar-refractivity contribution in [1.82, 2.24) is 25.6 Å². The van der Waals surface area contributed by atoms with Crippen LogP contribution < -0.4 is 16.4 Å². The zero-order valence-electron chi connectivity index (χ0n) is 9.29. The van der Waals surface area contributed by atoms with Crippen molar-refractivity contribution >= 4 is 17.9 Å². The van der Waals surface area contributed by atoms with E-state index in [0.29, 0.717) is 0 Å². The quantitative estimate of drug-likeness (QED) is 0.422. The number of primary amides is 1. The zero-order chi connectivity index (χ0) is 13.5. The Balaban J connectivity index is 2.39. The van der Waals surface area contributed by atoms with E-state index >= 15 is 0 Å². The van der Waals surface area contributed by atoms with Crippen molar-refractivity contribution in [2.24, 2.45) is 5.73 Å². The summed E-state index contributed by atoms with van der Waals surface area (Å²) in [5.41, 5.74) is 4.82. The van der Waals surface area contributed by atoms with E-state index in [1.165, 1.54) is 6.20 Å². The minimum atomic E-state index is -1.09. The maximum Gasteiger partial charge on any atom is 0.325 e. The second-order valence-corrected chi connectivity index (χ2v) is 3.24. The van der Waals surface area contributed by atoms with Crippen molar-refractivity contribution in [2.45, 2.75) is 6.54 Å². The molecule has 0 aromatic carbocycles. The Morgan fingerprint density at radius 1 is 1.33 bits per heavy atom. The standard InChI is InChI=1S/C8H12N6O4/c9-8(18)11-2-1-10-7(17)5-3-14(13-12-5)4-6(15)16/h3H,1-2,4H2,(H,10,17)(H,15,16)(H3,9,11,18). The van der Waals surface area contributed by atoms with E-state index in [0.717, 1.165) is 4.68 Å². The number of aromatic nitrogens is 3. The summed E-state index contributed by atoms with van der Waals surface area (Å²) in [6.45, 7) is -0.0125. The first kappa shape index (κ1) is 13.4. The van der Waals surface area contributed by atoms with Gasteiger partial charge in [0.25, 0.3) is 5.91 Å². The van der Waals surface area contributed by atoms with Gasteiger partial charge in [-0.15, -0.1) is 5.10 Å². The third-order valence-corrected chi connectivity index (χ3v) is 1.78. The van der Waals surface area contributed by atoms with Crippen LogP contribution >= 0.6 is 0 Å². The van der Waals surface area contributed by atoms with Crippen molar-refractivity contribution in [1.29, 1.82) is 0 Å². The molecule has 0 aliphatic rings. The second kappa shape index (κ2) is 6.18. The van der Waals surface area contributed by atoms with Crippen molar-refractivity contribution in [2.75, 3.05) is 13.1 Å². The highest BCUT2D eigenvalue weighted by Gasteiger charge is 2.11. The third-order valence-electron chi connectivity index (χ3n) is 1.78. The monoisotopic (exact) mass is 256 g/mol. The largest absolute Gasteiger partial charge is 0.480 e. The number of nitrogens with two attached hydrogens (primary N) is 1. The molecule has 1 aromatic rings. The highest BCUT2D eigenvalue weighted by Crippen LogP contribution is 1.92. The highest BCUT2D eigenvalue weighted by molar-refractivity contribution is 5.91. The van der Waals surface area contributed by atoms with E-state index < -0.39 is 17.9 Å². The van der Waals surface area contributed by atoms with Crippen LogP contribution in [0.4, 0.5) is 4.79 Å². The van der Waals surface area contributed by atoms with Gasteiger partial charge >= 0.3 is 12.0 Å². The van der Waals surface area contributed by atoms with Gasteiger partial charge in [-0.1, -0.05) is 5.21 Å². The number of rotatable bonds is 6. The third kappa shape index (κ3) is 4.47. The van der Waals surface area contributed by atoms with Gasteiger partial charge < -0.3 is 21.5 Å². The van der Waals surface area contributed by atoms with Crippen molar-refractivity contribution in [3.05, 3.63) is 11.9 Å². The van der Waals surface area contributed by atoms with Gasteiger partial charge in [-0.2, -0.15) is 0 Å². The van der Waals surface area contributed by atoms with Gasteiger partial charge in [0.05, 0.1) is 6.20 Å². The molecular weight excluding hydrogens is 244 g/mol. The van der Waals surface area contributed by atoms with Crippen LogP contribution in [0.25, 0.3) is 0 Å². The molecule has 5 N–H and O–H groups in total. The van der Waals surface area contributed by atoms with E-state index in [-0.39, 0.29) is 25.3 Å². The van der Waals surface area contributed by atoms with Crippen molar-refractivity contribution in [3.63, 3.8) is 0 Å². The summed E-state index contributed by atoms with van der Waals surface area (Å²) < 4.78 is 1.03. The van der Waals surface area contributed by atoms with Crippen molar-refractivity contribution < 1.29 is 19.5 Å². The van der Waals surface area contributed by atoms with Gasteiger partial charge in [0.2, 0.25) is 0 Å². The number of hydrogen-bond acceptors (Lipinski definition) is 5. The fourth-order valence-corrected chi connectivity index (χ4v) is 1.07. The number of carbonyl (C=O) groups is 3. The Labute approximate surface area is 101 Å². The van der Waals surface area contributed by atoms with Crippen LogP contribution in [-0.4, -0.2) is 51.1 Å². The Bertz CT molecular complexity index is 456. The first-order valence-corrected chi connectivity index (χ1v) is 4.92. The molecule has 0 radical (unpaired) electrons. The summed E-state index contributed by atoms with van der Waals surface area (Å²) >= 11 is 0. The average Bonchev–Trinajstić information content (AvgIpc) is 2.71.